The number of halogens is 3. The van der Waals surface area contributed by atoms with Gasteiger partial charge in [0.05, 0.1) is 6.61 Å². The fourth-order valence-corrected chi connectivity index (χ4v) is 2.25. The normalized spacial score (nSPS) is 10.9. The first-order valence-corrected chi connectivity index (χ1v) is 8.56. The van der Waals surface area contributed by atoms with E-state index in [1.165, 1.54) is 0 Å². The highest BCUT2D eigenvalue weighted by atomic mass is 35.8. The molecule has 0 aliphatic carbocycles. The van der Waals surface area contributed by atoms with E-state index in [4.69, 9.17) is 33.2 Å². The summed E-state index contributed by atoms with van der Waals surface area (Å²) in [6, 6.07) is -2.04. The highest BCUT2D eigenvalue weighted by Crippen LogP contribution is 2.26. The molecule has 0 unspecified atom stereocenters. The largest absolute Gasteiger partial charge is 0.463 e. The minimum absolute atomic E-state index is 0.283. The fraction of sp³-hybridized carbons (Fsp3) is 0.500. The molecule has 2 nitrogen and oxygen atoms in total. The van der Waals surface area contributed by atoms with E-state index in [1.807, 2.05) is 0 Å². The first kappa shape index (κ1) is 12.3. The number of carbonyl (C=O) groups excluding carboxylic acids is 1. The van der Waals surface area contributed by atoms with E-state index in [-0.39, 0.29) is 6.61 Å². The van der Waals surface area contributed by atoms with E-state index in [9.17, 15) is 4.79 Å². The highest BCUT2D eigenvalue weighted by Gasteiger charge is 2.23. The van der Waals surface area contributed by atoms with E-state index in [2.05, 4.69) is 11.3 Å². The second-order valence-corrected chi connectivity index (χ2v) is 11.4. The molecular formula is C6H9Cl3O2Si. The fourth-order valence-electron chi connectivity index (χ4n) is 0.504. The number of rotatable bonds is 5. The summed E-state index contributed by atoms with van der Waals surface area (Å²) in [5, 5.41) is 0. The summed E-state index contributed by atoms with van der Waals surface area (Å²) in [5.41, 5.74) is 0. The van der Waals surface area contributed by atoms with Crippen LogP contribution in [0.15, 0.2) is 12.7 Å². The van der Waals surface area contributed by atoms with Crippen LogP contribution >= 0.6 is 33.2 Å². The molecule has 0 heterocycles. The van der Waals surface area contributed by atoms with Crippen molar-refractivity contribution in [1.82, 2.24) is 0 Å². The van der Waals surface area contributed by atoms with Gasteiger partial charge in [-0.25, -0.2) is 4.79 Å². The lowest BCUT2D eigenvalue weighted by Gasteiger charge is -2.06. The Hall–Kier alpha value is 0.297. The van der Waals surface area contributed by atoms with E-state index >= 15 is 0 Å². The lowest BCUT2D eigenvalue weighted by Crippen LogP contribution is -2.11. The van der Waals surface area contributed by atoms with Gasteiger partial charge in [0, 0.05) is 6.08 Å². The van der Waals surface area contributed by atoms with E-state index in [0.717, 1.165) is 6.08 Å². The van der Waals surface area contributed by atoms with E-state index < -0.39 is 12.0 Å². The number of hydrogen-bond donors (Lipinski definition) is 0. The van der Waals surface area contributed by atoms with Gasteiger partial charge in [-0.05, 0) is 12.5 Å². The van der Waals surface area contributed by atoms with Crippen LogP contribution in [0.4, 0.5) is 0 Å². The Morgan fingerprint density at radius 2 is 2.08 bits per heavy atom. The molecule has 0 rings (SSSR count). The lowest BCUT2D eigenvalue weighted by molar-refractivity contribution is -0.137. The summed E-state index contributed by atoms with van der Waals surface area (Å²) in [5.74, 6) is -0.444. The first-order valence-electron chi connectivity index (χ1n) is 3.31. The number of hydrogen-bond acceptors (Lipinski definition) is 2. The third-order valence-electron chi connectivity index (χ3n) is 1.02. The van der Waals surface area contributed by atoms with Crippen LogP contribution < -0.4 is 0 Å². The maximum absolute atomic E-state index is 10.5. The Balaban J connectivity index is 3.34. The van der Waals surface area contributed by atoms with Gasteiger partial charge in [0.25, 0.3) is 0 Å². The number of carbonyl (C=O) groups is 1. The summed E-state index contributed by atoms with van der Waals surface area (Å²) in [6.07, 6.45) is 1.69. The molecule has 0 aliphatic rings. The molecule has 0 fully saturated rings. The van der Waals surface area contributed by atoms with Crippen molar-refractivity contribution in [2.75, 3.05) is 6.61 Å². The minimum atomic E-state index is -2.54. The molecule has 0 N–H and O–H groups in total. The Kier molecular flexibility index (Phi) is 6.00. The molecule has 0 saturated heterocycles. The molecule has 0 aromatic carbocycles. The van der Waals surface area contributed by atoms with Gasteiger partial charge in [0.1, 0.15) is 0 Å². The van der Waals surface area contributed by atoms with Gasteiger partial charge in [-0.2, -0.15) is 0 Å². The van der Waals surface area contributed by atoms with Crippen molar-refractivity contribution in [2.24, 2.45) is 0 Å². The van der Waals surface area contributed by atoms with Crippen LogP contribution in [0.2, 0.25) is 6.04 Å². The average molecular weight is 248 g/mol. The highest BCUT2D eigenvalue weighted by molar-refractivity contribution is 7.64. The first-order chi connectivity index (χ1) is 5.45. The second kappa shape index (κ2) is 5.86. The van der Waals surface area contributed by atoms with Gasteiger partial charge < -0.3 is 4.74 Å². The maximum Gasteiger partial charge on any atom is 0.341 e. The van der Waals surface area contributed by atoms with Crippen LogP contribution in [0.5, 0.6) is 0 Å². The zero-order valence-corrected chi connectivity index (χ0v) is 9.62. The zero-order chi connectivity index (χ0) is 9.61. The predicted octanol–water partition coefficient (Wildman–Crippen LogP) is 2.76. The summed E-state index contributed by atoms with van der Waals surface area (Å²) in [6.45, 7) is 3.53. The number of ether oxygens (including phenoxy) is 1. The molecule has 6 heteroatoms. The average Bonchev–Trinajstić information content (AvgIpc) is 1.96. The topological polar surface area (TPSA) is 26.3 Å². The Morgan fingerprint density at radius 1 is 1.50 bits per heavy atom. The van der Waals surface area contributed by atoms with Crippen molar-refractivity contribution in [3.63, 3.8) is 0 Å². The predicted molar refractivity (Wildman–Crippen MR) is 53.9 cm³/mol. The summed E-state index contributed by atoms with van der Waals surface area (Å²) in [7, 11) is 0. The zero-order valence-electron chi connectivity index (χ0n) is 6.36. The maximum atomic E-state index is 10.5. The van der Waals surface area contributed by atoms with Crippen LogP contribution in [-0.4, -0.2) is 18.6 Å². The molecule has 0 saturated carbocycles. The quantitative estimate of drug-likeness (QED) is 0.245. The molecule has 0 aromatic rings. The van der Waals surface area contributed by atoms with Crippen molar-refractivity contribution in [3.05, 3.63) is 12.7 Å². The minimum Gasteiger partial charge on any atom is -0.463 e. The third kappa shape index (κ3) is 8.39. The summed E-state index contributed by atoms with van der Waals surface area (Å²) >= 11 is 16.8. The molecular weight excluding hydrogens is 239 g/mol. The molecule has 0 spiro atoms. The molecule has 0 radical (unpaired) electrons. The van der Waals surface area contributed by atoms with E-state index in [1.54, 1.807) is 0 Å². The lowest BCUT2D eigenvalue weighted by atomic mass is 10.5. The standard InChI is InChI=1S/C6H9Cl3O2Si/c1-2-6(10)11-4-3-5-12(7,8)9/h2H,1,3-5H2. The summed E-state index contributed by atoms with van der Waals surface area (Å²) in [4.78, 5) is 10.5. The molecule has 0 aliphatic heterocycles. The monoisotopic (exact) mass is 246 g/mol. The van der Waals surface area contributed by atoms with Gasteiger partial charge in [0.2, 0.25) is 0 Å². The van der Waals surface area contributed by atoms with Gasteiger partial charge >= 0.3 is 12.0 Å². The van der Waals surface area contributed by atoms with Crippen LogP contribution in [0, 0.1) is 0 Å². The number of esters is 1. The van der Waals surface area contributed by atoms with Crippen molar-refractivity contribution >= 4 is 45.2 Å². The molecule has 12 heavy (non-hydrogen) atoms. The van der Waals surface area contributed by atoms with Gasteiger partial charge in [-0.1, -0.05) is 6.58 Å². The van der Waals surface area contributed by atoms with Crippen molar-refractivity contribution in [1.29, 1.82) is 0 Å². The Labute approximate surface area is 86.6 Å². The smallest absolute Gasteiger partial charge is 0.341 e. The molecule has 0 atom stereocenters. The van der Waals surface area contributed by atoms with Gasteiger partial charge in [-0.3, -0.25) is 0 Å². The molecule has 0 amide bonds. The van der Waals surface area contributed by atoms with Crippen LogP contribution in [0.1, 0.15) is 6.42 Å². The van der Waals surface area contributed by atoms with Crippen LogP contribution in [0.25, 0.3) is 0 Å². The van der Waals surface area contributed by atoms with Crippen LogP contribution in [-0.2, 0) is 9.53 Å². The van der Waals surface area contributed by atoms with Gasteiger partial charge in [-0.15, -0.1) is 33.2 Å². The van der Waals surface area contributed by atoms with E-state index in [0.29, 0.717) is 12.5 Å². The van der Waals surface area contributed by atoms with Crippen molar-refractivity contribution < 1.29 is 9.53 Å². The van der Waals surface area contributed by atoms with Crippen molar-refractivity contribution in [2.45, 2.75) is 12.5 Å². The van der Waals surface area contributed by atoms with Crippen LogP contribution in [0.3, 0.4) is 0 Å². The third-order valence-corrected chi connectivity index (χ3v) is 3.64. The molecule has 0 aromatic heterocycles. The SMILES string of the molecule is C=CC(=O)OCCC[Si](Cl)(Cl)Cl. The molecule has 0 bridgehead atoms. The Bertz CT molecular complexity index is 167. The molecule has 70 valence electrons. The van der Waals surface area contributed by atoms with Crippen molar-refractivity contribution in [3.8, 4) is 0 Å². The van der Waals surface area contributed by atoms with Gasteiger partial charge in [0.15, 0.2) is 0 Å². The summed E-state index contributed by atoms with van der Waals surface area (Å²) < 4.78 is 4.68. The Morgan fingerprint density at radius 3 is 2.50 bits per heavy atom. The second-order valence-electron chi connectivity index (χ2n) is 2.09.